The number of hydrogen-bond donors (Lipinski definition) is 2. The van der Waals surface area contributed by atoms with Gasteiger partial charge < -0.3 is 9.97 Å². The van der Waals surface area contributed by atoms with Crippen LogP contribution in [0.4, 0.5) is 0 Å². The molecule has 0 atom stereocenters. The predicted molar refractivity (Wildman–Crippen MR) is 40.0 cm³/mol. The van der Waals surface area contributed by atoms with Crippen LogP contribution >= 0.6 is 0 Å². The highest BCUT2D eigenvalue weighted by Gasteiger charge is 1.97. The van der Waals surface area contributed by atoms with Crippen LogP contribution in [0.15, 0.2) is 24.8 Å². The molecule has 0 spiro atoms. The molecular formula is C7H8N4. The number of nitrogens with zero attached hydrogens (tertiary/aromatic N) is 2. The monoisotopic (exact) mass is 148 g/mol. The molecule has 0 radical (unpaired) electrons. The van der Waals surface area contributed by atoms with Crippen molar-refractivity contribution < 1.29 is 0 Å². The standard InChI is InChI=1S/C7H8N4/c1-2-9-6(8-1)5-7-10-3-4-11-7/h1-4H,5H2,(H,8,9)(H,10,11). The second kappa shape index (κ2) is 2.57. The summed E-state index contributed by atoms with van der Waals surface area (Å²) >= 11 is 0. The zero-order valence-corrected chi connectivity index (χ0v) is 5.91. The Labute approximate surface area is 63.7 Å². The Morgan fingerprint density at radius 1 is 1.00 bits per heavy atom. The minimum Gasteiger partial charge on any atom is -0.348 e. The van der Waals surface area contributed by atoms with Crippen LogP contribution in [0.25, 0.3) is 0 Å². The van der Waals surface area contributed by atoms with Gasteiger partial charge in [-0.3, -0.25) is 0 Å². The Balaban J connectivity index is 2.14. The van der Waals surface area contributed by atoms with Gasteiger partial charge in [-0.1, -0.05) is 0 Å². The van der Waals surface area contributed by atoms with Crippen LogP contribution in [0.1, 0.15) is 11.6 Å². The first-order valence-electron chi connectivity index (χ1n) is 3.41. The number of aromatic nitrogens is 4. The fourth-order valence-corrected chi connectivity index (χ4v) is 0.948. The lowest BCUT2D eigenvalue weighted by atomic mass is 10.4. The Kier molecular flexibility index (Phi) is 1.44. The van der Waals surface area contributed by atoms with E-state index in [2.05, 4.69) is 19.9 Å². The van der Waals surface area contributed by atoms with Crippen LogP contribution in [-0.4, -0.2) is 19.9 Å². The molecule has 0 saturated carbocycles. The van der Waals surface area contributed by atoms with E-state index < -0.39 is 0 Å². The van der Waals surface area contributed by atoms with Crippen LogP contribution in [0, 0.1) is 0 Å². The van der Waals surface area contributed by atoms with Gasteiger partial charge in [-0.2, -0.15) is 0 Å². The summed E-state index contributed by atoms with van der Waals surface area (Å²) in [6.45, 7) is 0. The third kappa shape index (κ3) is 1.29. The second-order valence-electron chi connectivity index (χ2n) is 2.25. The molecular weight excluding hydrogens is 140 g/mol. The maximum absolute atomic E-state index is 4.08. The van der Waals surface area contributed by atoms with E-state index in [0.717, 1.165) is 18.1 Å². The Bertz CT molecular complexity index is 263. The van der Waals surface area contributed by atoms with Gasteiger partial charge in [0, 0.05) is 24.8 Å². The van der Waals surface area contributed by atoms with E-state index in [9.17, 15) is 0 Å². The number of imidazole rings is 2. The molecule has 2 aromatic heterocycles. The van der Waals surface area contributed by atoms with E-state index in [1.165, 1.54) is 0 Å². The van der Waals surface area contributed by atoms with Crippen LogP contribution in [-0.2, 0) is 6.42 Å². The summed E-state index contributed by atoms with van der Waals surface area (Å²) in [5.41, 5.74) is 0. The highest BCUT2D eigenvalue weighted by atomic mass is 14.9. The summed E-state index contributed by atoms with van der Waals surface area (Å²) in [7, 11) is 0. The lowest BCUT2D eigenvalue weighted by molar-refractivity contribution is 0.946. The molecule has 11 heavy (non-hydrogen) atoms. The predicted octanol–water partition coefficient (Wildman–Crippen LogP) is 0.724. The molecule has 0 unspecified atom stereocenters. The molecule has 0 aliphatic heterocycles. The summed E-state index contributed by atoms with van der Waals surface area (Å²) in [6.07, 6.45) is 7.81. The van der Waals surface area contributed by atoms with E-state index >= 15 is 0 Å². The number of aromatic amines is 2. The van der Waals surface area contributed by atoms with Gasteiger partial charge in [0.2, 0.25) is 0 Å². The van der Waals surface area contributed by atoms with Gasteiger partial charge in [0.15, 0.2) is 0 Å². The molecule has 0 bridgehead atoms. The minimum atomic E-state index is 0.736. The van der Waals surface area contributed by atoms with E-state index in [-0.39, 0.29) is 0 Å². The zero-order chi connectivity index (χ0) is 7.52. The van der Waals surface area contributed by atoms with E-state index in [1.54, 1.807) is 24.8 Å². The first kappa shape index (κ1) is 6.15. The molecule has 0 aliphatic carbocycles. The third-order valence-corrected chi connectivity index (χ3v) is 1.44. The second-order valence-corrected chi connectivity index (χ2v) is 2.25. The smallest absolute Gasteiger partial charge is 0.113 e. The average molecular weight is 148 g/mol. The van der Waals surface area contributed by atoms with Crippen molar-refractivity contribution >= 4 is 0 Å². The number of hydrogen-bond acceptors (Lipinski definition) is 2. The van der Waals surface area contributed by atoms with Crippen molar-refractivity contribution in [2.75, 3.05) is 0 Å². The molecule has 2 aromatic rings. The van der Waals surface area contributed by atoms with Crippen molar-refractivity contribution in [3.63, 3.8) is 0 Å². The van der Waals surface area contributed by atoms with E-state index in [1.807, 2.05) is 0 Å². The lowest BCUT2D eigenvalue weighted by Gasteiger charge is -1.89. The fourth-order valence-electron chi connectivity index (χ4n) is 0.948. The lowest BCUT2D eigenvalue weighted by Crippen LogP contribution is -1.91. The molecule has 0 saturated heterocycles. The minimum absolute atomic E-state index is 0.736. The fraction of sp³-hybridized carbons (Fsp3) is 0.143. The maximum Gasteiger partial charge on any atom is 0.113 e. The molecule has 0 amide bonds. The van der Waals surface area contributed by atoms with Crippen LogP contribution in [0.5, 0.6) is 0 Å². The summed E-state index contributed by atoms with van der Waals surface area (Å²) < 4.78 is 0. The third-order valence-electron chi connectivity index (χ3n) is 1.44. The van der Waals surface area contributed by atoms with Crippen LogP contribution < -0.4 is 0 Å². The van der Waals surface area contributed by atoms with Crippen molar-refractivity contribution in [3.05, 3.63) is 36.4 Å². The maximum atomic E-state index is 4.08. The first-order valence-corrected chi connectivity index (χ1v) is 3.41. The topological polar surface area (TPSA) is 57.4 Å². The largest absolute Gasteiger partial charge is 0.348 e. The molecule has 2 N–H and O–H groups in total. The summed E-state index contributed by atoms with van der Waals surface area (Å²) in [6, 6.07) is 0. The number of H-pyrrole nitrogens is 2. The molecule has 4 heteroatoms. The first-order chi connectivity index (χ1) is 5.45. The van der Waals surface area contributed by atoms with E-state index in [0.29, 0.717) is 0 Å². The zero-order valence-electron chi connectivity index (χ0n) is 5.91. The Morgan fingerprint density at radius 3 is 1.91 bits per heavy atom. The molecule has 0 fully saturated rings. The van der Waals surface area contributed by atoms with Crippen LogP contribution in [0.2, 0.25) is 0 Å². The Morgan fingerprint density at radius 2 is 1.55 bits per heavy atom. The van der Waals surface area contributed by atoms with Gasteiger partial charge >= 0.3 is 0 Å². The number of nitrogens with one attached hydrogen (secondary N) is 2. The van der Waals surface area contributed by atoms with Crippen molar-refractivity contribution in [2.45, 2.75) is 6.42 Å². The highest BCUT2D eigenvalue weighted by molar-refractivity contribution is 4.99. The van der Waals surface area contributed by atoms with Gasteiger partial charge in [0.05, 0.1) is 6.42 Å². The summed E-state index contributed by atoms with van der Waals surface area (Å²) in [5, 5.41) is 0. The van der Waals surface area contributed by atoms with Crippen molar-refractivity contribution in [1.82, 2.24) is 19.9 Å². The van der Waals surface area contributed by atoms with Gasteiger partial charge in [-0.25, -0.2) is 9.97 Å². The Hall–Kier alpha value is -1.58. The highest BCUT2D eigenvalue weighted by Crippen LogP contribution is 1.97. The summed E-state index contributed by atoms with van der Waals surface area (Å²) in [4.78, 5) is 14.2. The van der Waals surface area contributed by atoms with E-state index in [4.69, 9.17) is 0 Å². The molecule has 0 aliphatic rings. The molecule has 2 heterocycles. The molecule has 56 valence electrons. The van der Waals surface area contributed by atoms with Gasteiger partial charge in [-0.15, -0.1) is 0 Å². The van der Waals surface area contributed by atoms with Crippen molar-refractivity contribution in [2.24, 2.45) is 0 Å². The quantitative estimate of drug-likeness (QED) is 0.659. The van der Waals surface area contributed by atoms with Gasteiger partial charge in [0.1, 0.15) is 11.6 Å². The van der Waals surface area contributed by atoms with Crippen LogP contribution in [0.3, 0.4) is 0 Å². The summed E-state index contributed by atoms with van der Waals surface area (Å²) in [5.74, 6) is 1.86. The molecule has 4 nitrogen and oxygen atoms in total. The van der Waals surface area contributed by atoms with Crippen molar-refractivity contribution in [1.29, 1.82) is 0 Å². The molecule has 2 rings (SSSR count). The molecule has 0 aromatic carbocycles. The normalized spacial score (nSPS) is 10.2. The number of rotatable bonds is 2. The van der Waals surface area contributed by atoms with Crippen molar-refractivity contribution in [3.8, 4) is 0 Å². The SMILES string of the molecule is c1c[nH]c(Cc2ncc[nH]2)n1. The van der Waals surface area contributed by atoms with Gasteiger partial charge in [-0.05, 0) is 0 Å². The average Bonchev–Trinajstić information content (AvgIpc) is 2.60. The van der Waals surface area contributed by atoms with Gasteiger partial charge in [0.25, 0.3) is 0 Å².